The molecule has 1 heterocycles. The van der Waals surface area contributed by atoms with Gasteiger partial charge in [0.15, 0.2) is 0 Å². The molecule has 1 rings (SSSR count). The molecule has 1 aromatic rings. The largest absolute Gasteiger partial charge is 0.379 e. The minimum Gasteiger partial charge on any atom is -0.379 e. The van der Waals surface area contributed by atoms with Gasteiger partial charge in [-0.2, -0.15) is 5.10 Å². The van der Waals surface area contributed by atoms with Crippen molar-refractivity contribution in [2.24, 2.45) is 7.05 Å². The van der Waals surface area contributed by atoms with Crippen molar-refractivity contribution in [3.05, 3.63) is 18.0 Å². The fraction of sp³-hybridized carbons (Fsp3) is 0.750. The molecule has 0 aliphatic heterocycles. The van der Waals surface area contributed by atoms with Crippen LogP contribution in [0.25, 0.3) is 0 Å². The molecule has 0 saturated heterocycles. The normalized spacial score (nSPS) is 14.1. The van der Waals surface area contributed by atoms with E-state index < -0.39 is 0 Å². The van der Waals surface area contributed by atoms with Crippen LogP contribution in [0.2, 0.25) is 0 Å². The molecule has 1 aromatic heterocycles. The molecule has 1 atom stereocenters. The summed E-state index contributed by atoms with van der Waals surface area (Å²) in [5.41, 5.74) is 1.02. The molecule has 0 fully saturated rings. The molecule has 0 aliphatic carbocycles. The van der Waals surface area contributed by atoms with Crippen LogP contribution in [0.15, 0.2) is 12.3 Å². The van der Waals surface area contributed by atoms with E-state index >= 15 is 0 Å². The van der Waals surface area contributed by atoms with Gasteiger partial charge in [0.05, 0.1) is 11.3 Å². The highest BCUT2D eigenvalue weighted by Gasteiger charge is 2.22. The summed E-state index contributed by atoms with van der Waals surface area (Å²) in [6, 6.07) is 2.45. The van der Waals surface area contributed by atoms with Crippen molar-refractivity contribution < 1.29 is 4.74 Å². The van der Waals surface area contributed by atoms with Crippen LogP contribution in [0.3, 0.4) is 0 Å². The molecular formula is C12H23N3O. The zero-order chi connectivity index (χ0) is 12.2. The van der Waals surface area contributed by atoms with Crippen molar-refractivity contribution in [2.45, 2.75) is 38.3 Å². The van der Waals surface area contributed by atoms with E-state index in [0.29, 0.717) is 6.04 Å². The van der Waals surface area contributed by atoms with Crippen molar-refractivity contribution in [3.8, 4) is 0 Å². The molecule has 92 valence electrons. The van der Waals surface area contributed by atoms with Gasteiger partial charge < -0.3 is 10.1 Å². The Morgan fingerprint density at radius 2 is 2.25 bits per heavy atom. The van der Waals surface area contributed by atoms with Gasteiger partial charge in [-0.3, -0.25) is 4.68 Å². The number of rotatable bonds is 6. The number of ether oxygens (including phenoxy) is 1. The molecule has 0 bridgehead atoms. The SMILES string of the molecule is CNC(Cc1ccn(C)n1)CC(C)(C)OC. The number of methoxy groups -OCH3 is 1. The van der Waals surface area contributed by atoms with Gasteiger partial charge in [0.2, 0.25) is 0 Å². The fourth-order valence-electron chi connectivity index (χ4n) is 1.78. The van der Waals surface area contributed by atoms with Crippen molar-refractivity contribution in [1.29, 1.82) is 0 Å². The van der Waals surface area contributed by atoms with E-state index in [0.717, 1.165) is 18.5 Å². The minimum atomic E-state index is -0.0948. The van der Waals surface area contributed by atoms with Gasteiger partial charge in [-0.25, -0.2) is 0 Å². The zero-order valence-corrected chi connectivity index (χ0v) is 10.9. The van der Waals surface area contributed by atoms with Crippen molar-refractivity contribution in [3.63, 3.8) is 0 Å². The summed E-state index contributed by atoms with van der Waals surface area (Å²) in [5, 5.41) is 7.71. The van der Waals surface area contributed by atoms with E-state index in [1.54, 1.807) is 7.11 Å². The highest BCUT2D eigenvalue weighted by molar-refractivity contribution is 5.01. The van der Waals surface area contributed by atoms with Crippen molar-refractivity contribution in [1.82, 2.24) is 15.1 Å². The molecule has 4 heteroatoms. The maximum Gasteiger partial charge on any atom is 0.0640 e. The first-order chi connectivity index (χ1) is 7.46. The van der Waals surface area contributed by atoms with Crippen LogP contribution in [0.4, 0.5) is 0 Å². The van der Waals surface area contributed by atoms with Crippen LogP contribution < -0.4 is 5.32 Å². The lowest BCUT2D eigenvalue weighted by Crippen LogP contribution is -2.37. The van der Waals surface area contributed by atoms with E-state index in [2.05, 4.69) is 30.3 Å². The highest BCUT2D eigenvalue weighted by Crippen LogP contribution is 2.17. The second-order valence-electron chi connectivity index (χ2n) is 4.84. The summed E-state index contributed by atoms with van der Waals surface area (Å²) in [4.78, 5) is 0. The second-order valence-corrected chi connectivity index (χ2v) is 4.84. The third-order valence-corrected chi connectivity index (χ3v) is 2.92. The summed E-state index contributed by atoms with van der Waals surface area (Å²) in [7, 11) is 5.68. The number of aromatic nitrogens is 2. The number of aryl methyl sites for hydroxylation is 1. The number of nitrogens with zero attached hydrogens (tertiary/aromatic N) is 2. The van der Waals surface area contributed by atoms with Gasteiger partial charge in [-0.1, -0.05) is 0 Å². The number of hydrogen-bond acceptors (Lipinski definition) is 3. The predicted octanol–water partition coefficient (Wildman–Crippen LogP) is 1.37. The smallest absolute Gasteiger partial charge is 0.0640 e. The summed E-state index contributed by atoms with van der Waals surface area (Å²) in [6.45, 7) is 4.21. The summed E-state index contributed by atoms with van der Waals surface area (Å²) in [5.74, 6) is 0. The van der Waals surface area contributed by atoms with Crippen LogP contribution in [-0.2, 0) is 18.2 Å². The lowest BCUT2D eigenvalue weighted by Gasteiger charge is -2.28. The molecule has 4 nitrogen and oxygen atoms in total. The molecule has 0 amide bonds. The zero-order valence-electron chi connectivity index (χ0n) is 10.9. The quantitative estimate of drug-likeness (QED) is 0.794. The standard InChI is InChI=1S/C12H23N3O/c1-12(2,16-5)9-11(13-3)8-10-6-7-15(4)14-10/h6-7,11,13H,8-9H2,1-5H3. The van der Waals surface area contributed by atoms with Gasteiger partial charge in [-0.15, -0.1) is 0 Å². The van der Waals surface area contributed by atoms with Crippen LogP contribution >= 0.6 is 0 Å². The Kier molecular flexibility index (Phi) is 4.50. The first-order valence-electron chi connectivity index (χ1n) is 5.68. The predicted molar refractivity (Wildman–Crippen MR) is 65.5 cm³/mol. The van der Waals surface area contributed by atoms with E-state index in [9.17, 15) is 0 Å². The van der Waals surface area contributed by atoms with Gasteiger partial charge in [0.1, 0.15) is 0 Å². The second kappa shape index (κ2) is 5.46. The average molecular weight is 225 g/mol. The molecular weight excluding hydrogens is 202 g/mol. The van der Waals surface area contributed by atoms with Gasteiger partial charge in [0.25, 0.3) is 0 Å². The maximum absolute atomic E-state index is 5.45. The van der Waals surface area contributed by atoms with Crippen molar-refractivity contribution in [2.75, 3.05) is 14.2 Å². The Labute approximate surface area is 98.0 Å². The Hall–Kier alpha value is -0.870. The summed E-state index contributed by atoms with van der Waals surface area (Å²) >= 11 is 0. The first-order valence-corrected chi connectivity index (χ1v) is 5.68. The number of nitrogens with one attached hydrogen (secondary N) is 1. The van der Waals surface area contributed by atoms with Gasteiger partial charge in [-0.05, 0) is 33.4 Å². The molecule has 1 N–H and O–H groups in total. The average Bonchev–Trinajstić information content (AvgIpc) is 2.63. The van der Waals surface area contributed by atoms with Crippen LogP contribution in [-0.4, -0.2) is 35.6 Å². The minimum absolute atomic E-state index is 0.0948. The third kappa shape index (κ3) is 3.94. The van der Waals surface area contributed by atoms with Crippen LogP contribution in [0.5, 0.6) is 0 Å². The topological polar surface area (TPSA) is 39.1 Å². The number of likely N-dealkylation sites (N-methyl/N-ethyl adjacent to an activating group) is 1. The van der Waals surface area contributed by atoms with Crippen molar-refractivity contribution >= 4 is 0 Å². The molecule has 0 radical (unpaired) electrons. The maximum atomic E-state index is 5.45. The highest BCUT2D eigenvalue weighted by atomic mass is 16.5. The molecule has 16 heavy (non-hydrogen) atoms. The Morgan fingerprint density at radius 1 is 1.56 bits per heavy atom. The van der Waals surface area contributed by atoms with E-state index in [4.69, 9.17) is 4.74 Å². The number of hydrogen-bond donors (Lipinski definition) is 1. The molecule has 0 aliphatic rings. The molecule has 0 saturated carbocycles. The molecule has 0 spiro atoms. The summed E-state index contributed by atoms with van der Waals surface area (Å²) in [6.07, 6.45) is 3.88. The Bertz CT molecular complexity index is 320. The van der Waals surface area contributed by atoms with E-state index in [1.807, 2.05) is 25.0 Å². The lowest BCUT2D eigenvalue weighted by atomic mass is 9.96. The van der Waals surface area contributed by atoms with Gasteiger partial charge >= 0.3 is 0 Å². The Morgan fingerprint density at radius 3 is 2.69 bits per heavy atom. The first kappa shape index (κ1) is 13.2. The fourth-order valence-corrected chi connectivity index (χ4v) is 1.78. The van der Waals surface area contributed by atoms with E-state index in [-0.39, 0.29) is 5.60 Å². The Balaban J connectivity index is 2.55. The molecule has 0 aromatic carbocycles. The lowest BCUT2D eigenvalue weighted by molar-refractivity contribution is 0.00765. The molecule has 1 unspecified atom stereocenters. The van der Waals surface area contributed by atoms with Crippen LogP contribution in [0.1, 0.15) is 26.0 Å². The summed E-state index contributed by atoms with van der Waals surface area (Å²) < 4.78 is 7.28. The third-order valence-electron chi connectivity index (χ3n) is 2.92. The monoisotopic (exact) mass is 225 g/mol. The van der Waals surface area contributed by atoms with Crippen LogP contribution in [0, 0.1) is 0 Å². The van der Waals surface area contributed by atoms with E-state index in [1.165, 1.54) is 0 Å². The van der Waals surface area contributed by atoms with Gasteiger partial charge in [0, 0.05) is 32.8 Å².